The molecule has 3 rings (SSSR count). The van der Waals surface area contributed by atoms with Crippen LogP contribution < -0.4 is 0 Å². The summed E-state index contributed by atoms with van der Waals surface area (Å²) in [4.78, 5) is 29.4. The number of nitrogens with zero attached hydrogens (tertiary/aromatic N) is 1. The molecular weight excluding hydrogens is 379 g/mol. The first kappa shape index (κ1) is 21.0. The molecule has 1 heterocycles. The van der Waals surface area contributed by atoms with Crippen molar-refractivity contribution in [2.75, 3.05) is 26.9 Å². The van der Waals surface area contributed by atoms with Crippen LogP contribution in [0.5, 0.6) is 0 Å². The van der Waals surface area contributed by atoms with Gasteiger partial charge >= 0.3 is 6.18 Å². The van der Waals surface area contributed by atoms with E-state index in [0.29, 0.717) is 19.3 Å². The van der Waals surface area contributed by atoms with E-state index in [-0.39, 0.29) is 55.2 Å². The molecule has 156 valence electrons. The lowest BCUT2D eigenvalue weighted by molar-refractivity contribution is -0.127. The fraction of sp³-hybridized carbons (Fsp3) is 0.737. The quantitative estimate of drug-likeness (QED) is 0.522. The van der Waals surface area contributed by atoms with E-state index in [1.165, 1.54) is 7.11 Å². The third-order valence-corrected chi connectivity index (χ3v) is 5.80. The van der Waals surface area contributed by atoms with E-state index in [9.17, 15) is 27.9 Å². The average Bonchev–Trinajstić information content (AvgIpc) is 3.10. The second-order valence-electron chi connectivity index (χ2n) is 7.55. The van der Waals surface area contributed by atoms with Crippen LogP contribution in [0.1, 0.15) is 32.1 Å². The summed E-state index contributed by atoms with van der Waals surface area (Å²) in [5.41, 5.74) is -1.15. The monoisotopic (exact) mass is 403 g/mol. The Labute approximate surface area is 160 Å². The number of Topliss-reactive ketones (excluding diaryl/α,β-unsaturated/α-hetero) is 2. The molecule has 6 nitrogen and oxygen atoms in total. The van der Waals surface area contributed by atoms with Crippen LogP contribution in [0.15, 0.2) is 16.3 Å². The minimum atomic E-state index is -4.57. The summed E-state index contributed by atoms with van der Waals surface area (Å²) in [6, 6.07) is -1.05. The molecule has 2 bridgehead atoms. The number of alkyl halides is 3. The maximum atomic E-state index is 13.1. The molecule has 1 fully saturated rings. The number of carbonyl (C=O) groups excluding carboxylic acids is 2. The molecule has 28 heavy (non-hydrogen) atoms. The lowest BCUT2D eigenvalue weighted by atomic mass is 9.77. The van der Waals surface area contributed by atoms with Crippen molar-refractivity contribution >= 4 is 17.3 Å². The Bertz CT molecular complexity index is 700. The average molecular weight is 403 g/mol. The normalized spacial score (nSPS) is 30.6. The maximum absolute atomic E-state index is 13.1. The molecule has 2 aliphatic carbocycles. The summed E-state index contributed by atoms with van der Waals surface area (Å²) in [7, 11) is 1.47. The number of aliphatic imine (C=N–C) groups is 1. The Morgan fingerprint density at radius 1 is 1.21 bits per heavy atom. The number of ketones is 2. The summed E-state index contributed by atoms with van der Waals surface area (Å²) in [6.45, 7) is 0.227. The lowest BCUT2D eigenvalue weighted by Crippen LogP contribution is -2.42. The highest BCUT2D eigenvalue weighted by Gasteiger charge is 2.47. The topological polar surface area (TPSA) is 85.2 Å². The van der Waals surface area contributed by atoms with Crippen LogP contribution >= 0.6 is 0 Å². The van der Waals surface area contributed by atoms with Gasteiger partial charge in [0.2, 0.25) is 0 Å². The molecule has 9 heteroatoms. The number of ether oxygens (including phenoxy) is 2. The minimum absolute atomic E-state index is 0.0884. The van der Waals surface area contributed by atoms with E-state index in [1.807, 2.05) is 0 Å². The minimum Gasteiger partial charge on any atom is -0.511 e. The Morgan fingerprint density at radius 2 is 1.93 bits per heavy atom. The summed E-state index contributed by atoms with van der Waals surface area (Å²) in [5, 5.41) is 10.4. The van der Waals surface area contributed by atoms with Crippen molar-refractivity contribution in [3.8, 4) is 0 Å². The van der Waals surface area contributed by atoms with Crippen molar-refractivity contribution in [3.05, 3.63) is 11.3 Å². The Balaban J connectivity index is 1.83. The molecule has 4 atom stereocenters. The highest BCUT2D eigenvalue weighted by Crippen LogP contribution is 2.44. The van der Waals surface area contributed by atoms with Gasteiger partial charge in [0.25, 0.3) is 0 Å². The zero-order valence-electron chi connectivity index (χ0n) is 15.6. The van der Waals surface area contributed by atoms with Crippen molar-refractivity contribution in [2.24, 2.45) is 22.7 Å². The smallest absolute Gasteiger partial charge is 0.429 e. The summed E-state index contributed by atoms with van der Waals surface area (Å²) < 4.78 is 49.5. The Morgan fingerprint density at radius 3 is 2.61 bits per heavy atom. The van der Waals surface area contributed by atoms with Crippen LogP contribution in [0.2, 0.25) is 0 Å². The van der Waals surface area contributed by atoms with E-state index < -0.39 is 36.1 Å². The van der Waals surface area contributed by atoms with Gasteiger partial charge in [0.15, 0.2) is 11.6 Å². The lowest BCUT2D eigenvalue weighted by Gasteiger charge is -2.31. The maximum Gasteiger partial charge on any atom is 0.429 e. The number of rotatable bonds is 7. The van der Waals surface area contributed by atoms with Crippen LogP contribution in [0.25, 0.3) is 0 Å². The Kier molecular flexibility index (Phi) is 6.24. The van der Waals surface area contributed by atoms with Crippen LogP contribution in [-0.2, 0) is 19.1 Å². The summed E-state index contributed by atoms with van der Waals surface area (Å²) >= 11 is 0. The van der Waals surface area contributed by atoms with Gasteiger partial charge in [-0.25, -0.2) is 0 Å². The van der Waals surface area contributed by atoms with Gasteiger partial charge < -0.3 is 14.6 Å². The summed E-state index contributed by atoms with van der Waals surface area (Å²) in [6.07, 6.45) is -3.26. The van der Waals surface area contributed by atoms with Gasteiger partial charge in [-0.05, 0) is 32.1 Å². The third kappa shape index (κ3) is 4.15. The van der Waals surface area contributed by atoms with Crippen molar-refractivity contribution < 1.29 is 37.3 Å². The van der Waals surface area contributed by atoms with Crippen LogP contribution in [0, 0.1) is 17.8 Å². The zero-order chi connectivity index (χ0) is 20.5. The van der Waals surface area contributed by atoms with Gasteiger partial charge in [-0.15, -0.1) is 0 Å². The van der Waals surface area contributed by atoms with E-state index in [1.54, 1.807) is 0 Å². The second-order valence-corrected chi connectivity index (χ2v) is 7.55. The van der Waals surface area contributed by atoms with Crippen LogP contribution in [-0.4, -0.2) is 61.5 Å². The number of carbonyl (C=O) groups is 2. The van der Waals surface area contributed by atoms with Crippen molar-refractivity contribution in [3.63, 3.8) is 0 Å². The number of allylic oxidation sites excluding steroid dienone is 2. The molecular formula is C19H24F3NO5. The molecule has 1 N–H and O–H groups in total. The molecule has 0 aromatic carbocycles. The van der Waals surface area contributed by atoms with Gasteiger partial charge in [0.05, 0.1) is 31.4 Å². The van der Waals surface area contributed by atoms with Crippen molar-refractivity contribution in [1.29, 1.82) is 0 Å². The first-order valence-corrected chi connectivity index (χ1v) is 9.46. The molecule has 0 aromatic rings. The van der Waals surface area contributed by atoms with Crippen molar-refractivity contribution in [2.45, 2.75) is 44.3 Å². The highest BCUT2D eigenvalue weighted by molar-refractivity contribution is 6.23. The van der Waals surface area contributed by atoms with Gasteiger partial charge in [0, 0.05) is 24.9 Å². The molecule has 0 radical (unpaired) electrons. The van der Waals surface area contributed by atoms with Crippen molar-refractivity contribution in [1.82, 2.24) is 0 Å². The van der Waals surface area contributed by atoms with Crippen LogP contribution in [0.4, 0.5) is 13.2 Å². The highest BCUT2D eigenvalue weighted by atomic mass is 19.4. The third-order valence-electron chi connectivity index (χ3n) is 5.80. The van der Waals surface area contributed by atoms with Gasteiger partial charge in [-0.3, -0.25) is 14.6 Å². The standard InChI is InChI=1S/C19H24F3NO5/c1-27-6-7-28-9-13-12(4-5-14(23-13)19(20,21)22)18(26)15-16(24)10-2-3-11(8-10)17(15)25/h10-13,24H,2-9H2,1H3. The van der Waals surface area contributed by atoms with E-state index >= 15 is 0 Å². The first-order chi connectivity index (χ1) is 13.2. The second kappa shape index (κ2) is 8.32. The number of hydrogen-bond acceptors (Lipinski definition) is 6. The molecule has 1 aliphatic heterocycles. The van der Waals surface area contributed by atoms with Gasteiger partial charge in [0.1, 0.15) is 11.5 Å². The number of aliphatic hydroxyl groups is 1. The number of halogens is 3. The molecule has 0 aromatic heterocycles. The number of fused-ring (bicyclic) bond motifs is 2. The molecule has 0 spiro atoms. The van der Waals surface area contributed by atoms with Crippen LogP contribution in [0.3, 0.4) is 0 Å². The van der Waals surface area contributed by atoms with E-state index in [0.717, 1.165) is 0 Å². The molecule has 0 saturated heterocycles. The van der Waals surface area contributed by atoms with Gasteiger partial charge in [-0.1, -0.05) is 0 Å². The first-order valence-electron chi connectivity index (χ1n) is 9.46. The van der Waals surface area contributed by atoms with E-state index in [4.69, 9.17) is 9.47 Å². The van der Waals surface area contributed by atoms with E-state index in [2.05, 4.69) is 4.99 Å². The predicted molar refractivity (Wildman–Crippen MR) is 93.2 cm³/mol. The van der Waals surface area contributed by atoms with Gasteiger partial charge in [-0.2, -0.15) is 13.2 Å². The largest absolute Gasteiger partial charge is 0.511 e. The fourth-order valence-corrected chi connectivity index (χ4v) is 4.30. The summed E-state index contributed by atoms with van der Waals surface area (Å²) in [5.74, 6) is -2.61. The number of methoxy groups -OCH3 is 1. The SMILES string of the molecule is COCCOCC1N=C(C(F)(F)F)CCC1C(=O)C1=C(O)C2CCC(C2)C1=O. The number of aliphatic hydroxyl groups excluding tert-OH is 1. The molecule has 3 aliphatic rings. The zero-order valence-corrected chi connectivity index (χ0v) is 15.6. The molecule has 1 saturated carbocycles. The molecule has 4 unspecified atom stereocenters. The number of hydrogen-bond donors (Lipinski definition) is 1. The fourth-order valence-electron chi connectivity index (χ4n) is 4.30. The predicted octanol–water partition coefficient (Wildman–Crippen LogP) is 2.81. The Hall–Kier alpha value is -1.74. The molecule has 0 amide bonds.